The molecule has 4 aromatic rings. The largest absolute Gasteiger partial charge is 0.496 e. The molecule has 4 rings (SSSR count). The number of methoxy groups -OCH3 is 1. The summed E-state index contributed by atoms with van der Waals surface area (Å²) >= 11 is 0. The number of carbonyl (C=O) groups excluding carboxylic acids is 1. The fourth-order valence-electron chi connectivity index (χ4n) is 3.96. The van der Waals surface area contributed by atoms with Crippen molar-refractivity contribution in [3.8, 4) is 22.6 Å². The maximum Gasteiger partial charge on any atom is 0.244 e. The molecule has 5 nitrogen and oxygen atoms in total. The summed E-state index contributed by atoms with van der Waals surface area (Å²) in [6.07, 6.45) is 3.91. The van der Waals surface area contributed by atoms with Crippen LogP contribution in [0.3, 0.4) is 0 Å². The minimum absolute atomic E-state index is 0.203. The molecule has 6 heteroatoms. The van der Waals surface area contributed by atoms with Crippen molar-refractivity contribution < 1.29 is 23.1 Å². The summed E-state index contributed by atoms with van der Waals surface area (Å²) in [4.78, 5) is 12.5. The lowest BCUT2D eigenvalue weighted by molar-refractivity contribution is -0.116. The van der Waals surface area contributed by atoms with E-state index in [0.717, 1.165) is 39.0 Å². The number of ether oxygens (including phenoxy) is 2. The van der Waals surface area contributed by atoms with Crippen molar-refractivity contribution in [1.82, 2.24) is 5.32 Å². The van der Waals surface area contributed by atoms with Gasteiger partial charge in [-0.05, 0) is 67.3 Å². The van der Waals surface area contributed by atoms with Gasteiger partial charge in [0.25, 0.3) is 0 Å². The molecule has 0 fully saturated rings. The Balaban J connectivity index is 1.54. The topological polar surface area (TPSA) is 60.7 Å². The third-order valence-electron chi connectivity index (χ3n) is 5.77. The zero-order valence-electron chi connectivity index (χ0n) is 20.1. The number of rotatable bonds is 9. The number of halogens is 1. The molecule has 0 bridgehead atoms. The van der Waals surface area contributed by atoms with Gasteiger partial charge in [-0.3, -0.25) is 4.79 Å². The number of fused-ring (bicyclic) bond motifs is 1. The summed E-state index contributed by atoms with van der Waals surface area (Å²) in [5.74, 6) is 0.963. The van der Waals surface area contributed by atoms with Crippen molar-refractivity contribution in [2.75, 3.05) is 20.3 Å². The van der Waals surface area contributed by atoms with Crippen LogP contribution in [0.5, 0.6) is 11.5 Å². The van der Waals surface area contributed by atoms with E-state index in [1.54, 1.807) is 31.6 Å². The molecule has 180 valence electrons. The van der Waals surface area contributed by atoms with E-state index in [2.05, 4.69) is 5.32 Å². The third kappa shape index (κ3) is 5.72. The monoisotopic (exact) mass is 473 g/mol. The highest BCUT2D eigenvalue weighted by molar-refractivity contribution is 6.00. The quantitative estimate of drug-likeness (QED) is 0.286. The molecule has 0 atom stereocenters. The molecular weight excluding hydrogens is 445 g/mol. The van der Waals surface area contributed by atoms with Crippen LogP contribution >= 0.6 is 0 Å². The molecule has 35 heavy (non-hydrogen) atoms. The second-order valence-corrected chi connectivity index (χ2v) is 8.15. The molecule has 0 aliphatic rings. The van der Waals surface area contributed by atoms with Gasteiger partial charge in [-0.2, -0.15) is 0 Å². The van der Waals surface area contributed by atoms with Crippen LogP contribution in [0.15, 0.2) is 77.4 Å². The van der Waals surface area contributed by atoms with E-state index < -0.39 is 0 Å². The molecule has 0 unspecified atom stereocenters. The van der Waals surface area contributed by atoms with E-state index >= 15 is 0 Å². The fourth-order valence-corrected chi connectivity index (χ4v) is 3.96. The number of amides is 1. The molecule has 1 N–H and O–H groups in total. The predicted octanol–water partition coefficient (Wildman–Crippen LogP) is 6.41. The van der Waals surface area contributed by atoms with Crippen molar-refractivity contribution in [1.29, 1.82) is 0 Å². The first-order valence-electron chi connectivity index (χ1n) is 11.5. The number of carbonyl (C=O) groups is 1. The summed E-state index contributed by atoms with van der Waals surface area (Å²) < 4.78 is 30.0. The SMILES string of the molecule is CCOc1ccc(-c2coc3cc(OC)c(/C(C)=C/C(=O)NCCc4ccc(F)cc4)cc23)cc1. The Morgan fingerprint density at radius 1 is 1.09 bits per heavy atom. The van der Waals surface area contributed by atoms with Gasteiger partial charge in [0.05, 0.1) is 20.0 Å². The van der Waals surface area contributed by atoms with E-state index in [9.17, 15) is 9.18 Å². The van der Waals surface area contributed by atoms with Crippen molar-refractivity contribution >= 4 is 22.4 Å². The lowest BCUT2D eigenvalue weighted by Gasteiger charge is -2.10. The van der Waals surface area contributed by atoms with Gasteiger partial charge in [0.15, 0.2) is 0 Å². The van der Waals surface area contributed by atoms with Crippen LogP contribution in [0.2, 0.25) is 0 Å². The van der Waals surface area contributed by atoms with Crippen molar-refractivity contribution in [3.63, 3.8) is 0 Å². The number of hydrogen-bond acceptors (Lipinski definition) is 4. The van der Waals surface area contributed by atoms with Crippen LogP contribution in [0, 0.1) is 5.82 Å². The van der Waals surface area contributed by atoms with E-state index in [4.69, 9.17) is 13.9 Å². The van der Waals surface area contributed by atoms with Crippen molar-refractivity contribution in [2.24, 2.45) is 0 Å². The molecule has 1 amide bonds. The Morgan fingerprint density at radius 3 is 2.51 bits per heavy atom. The Bertz CT molecular complexity index is 1340. The molecule has 0 aliphatic heterocycles. The lowest BCUT2D eigenvalue weighted by atomic mass is 9.99. The maximum atomic E-state index is 13.0. The molecule has 0 saturated carbocycles. The van der Waals surface area contributed by atoms with E-state index in [1.165, 1.54) is 12.1 Å². The minimum atomic E-state index is -0.273. The second-order valence-electron chi connectivity index (χ2n) is 8.15. The van der Waals surface area contributed by atoms with E-state index in [0.29, 0.717) is 30.9 Å². The number of furan rings is 1. The number of hydrogen-bond donors (Lipinski definition) is 1. The molecule has 0 radical (unpaired) electrons. The first-order chi connectivity index (χ1) is 17.0. The summed E-state index contributed by atoms with van der Waals surface area (Å²) in [7, 11) is 1.59. The Hall–Kier alpha value is -4.06. The standard InChI is InChI=1S/C29H28FNO4/c1-4-34-23-11-7-21(8-12-23)26-18-35-28-17-27(33-3)24(16-25(26)28)19(2)15-29(32)31-14-13-20-5-9-22(30)10-6-20/h5-12,15-18H,4,13-14H2,1-3H3,(H,31,32)/b19-15+. The molecule has 0 saturated heterocycles. The summed E-state index contributed by atoms with van der Waals surface area (Å²) in [5, 5.41) is 3.81. The highest BCUT2D eigenvalue weighted by atomic mass is 19.1. The molecule has 0 aliphatic carbocycles. The van der Waals surface area contributed by atoms with Crippen molar-refractivity contribution in [2.45, 2.75) is 20.3 Å². The lowest BCUT2D eigenvalue weighted by Crippen LogP contribution is -2.23. The minimum Gasteiger partial charge on any atom is -0.496 e. The Kier molecular flexibility index (Phi) is 7.51. The zero-order valence-corrected chi connectivity index (χ0v) is 20.1. The normalized spacial score (nSPS) is 11.5. The van der Waals surface area contributed by atoms with Crippen LogP contribution < -0.4 is 14.8 Å². The summed E-state index contributed by atoms with van der Waals surface area (Å²) in [6.45, 7) is 4.89. The average Bonchev–Trinajstić information content (AvgIpc) is 3.28. The van der Waals surface area contributed by atoms with Crippen molar-refractivity contribution in [3.05, 3.63) is 89.9 Å². The van der Waals surface area contributed by atoms with Crippen LogP contribution in [-0.4, -0.2) is 26.2 Å². The summed E-state index contributed by atoms with van der Waals surface area (Å²) in [6, 6.07) is 18.0. The van der Waals surface area contributed by atoms with Gasteiger partial charge in [-0.15, -0.1) is 0 Å². The van der Waals surface area contributed by atoms with Gasteiger partial charge < -0.3 is 19.2 Å². The van der Waals surface area contributed by atoms with Gasteiger partial charge in [-0.1, -0.05) is 24.3 Å². The molecule has 1 heterocycles. The summed E-state index contributed by atoms with van der Waals surface area (Å²) in [5.41, 5.74) is 5.18. The number of benzene rings is 3. The predicted molar refractivity (Wildman–Crippen MR) is 136 cm³/mol. The first kappa shape index (κ1) is 24.1. The van der Waals surface area contributed by atoms with Gasteiger partial charge in [0.1, 0.15) is 22.9 Å². The van der Waals surface area contributed by atoms with Crippen LogP contribution in [0.1, 0.15) is 25.0 Å². The maximum absolute atomic E-state index is 13.0. The van der Waals surface area contributed by atoms with Crippen LogP contribution in [0.4, 0.5) is 4.39 Å². The van der Waals surface area contributed by atoms with Gasteiger partial charge >= 0.3 is 0 Å². The number of nitrogens with one attached hydrogen (secondary N) is 1. The highest BCUT2D eigenvalue weighted by Crippen LogP contribution is 2.37. The van der Waals surface area contributed by atoms with E-state index in [1.807, 2.05) is 50.2 Å². The third-order valence-corrected chi connectivity index (χ3v) is 5.77. The Labute approximate surface area is 204 Å². The smallest absolute Gasteiger partial charge is 0.244 e. The van der Waals surface area contributed by atoms with Crippen LogP contribution in [0.25, 0.3) is 27.7 Å². The molecule has 3 aromatic carbocycles. The highest BCUT2D eigenvalue weighted by Gasteiger charge is 2.15. The van der Waals surface area contributed by atoms with Gasteiger partial charge in [-0.25, -0.2) is 4.39 Å². The molecule has 0 spiro atoms. The van der Waals surface area contributed by atoms with E-state index in [-0.39, 0.29) is 11.7 Å². The number of allylic oxidation sites excluding steroid dienone is 1. The average molecular weight is 474 g/mol. The van der Waals surface area contributed by atoms with Crippen LogP contribution in [-0.2, 0) is 11.2 Å². The fraction of sp³-hybridized carbons (Fsp3) is 0.207. The second kappa shape index (κ2) is 10.9. The molecule has 1 aromatic heterocycles. The van der Waals surface area contributed by atoms with Gasteiger partial charge in [0, 0.05) is 35.2 Å². The zero-order chi connectivity index (χ0) is 24.8. The van der Waals surface area contributed by atoms with Gasteiger partial charge in [0.2, 0.25) is 5.91 Å². The first-order valence-corrected chi connectivity index (χ1v) is 11.5. The molecular formula is C29H28FNO4. The Morgan fingerprint density at radius 2 is 1.83 bits per heavy atom.